The van der Waals surface area contributed by atoms with E-state index in [2.05, 4.69) is 10.3 Å². The number of aryl methyl sites for hydroxylation is 1. The number of anilines is 2. The zero-order valence-corrected chi connectivity index (χ0v) is 15.6. The molecule has 0 aliphatic carbocycles. The third kappa shape index (κ3) is 4.14. The Bertz CT molecular complexity index is 815. The number of amides is 2. The van der Waals surface area contributed by atoms with E-state index in [1.807, 2.05) is 25.1 Å². The molecule has 6 nitrogen and oxygen atoms in total. The van der Waals surface area contributed by atoms with E-state index in [-0.39, 0.29) is 11.8 Å². The predicted octanol–water partition coefficient (Wildman–Crippen LogP) is 3.09. The van der Waals surface area contributed by atoms with E-state index >= 15 is 0 Å². The van der Waals surface area contributed by atoms with Crippen LogP contribution in [0.4, 0.5) is 11.5 Å². The van der Waals surface area contributed by atoms with E-state index in [4.69, 9.17) is 11.6 Å². The van der Waals surface area contributed by atoms with Crippen molar-refractivity contribution in [3.8, 4) is 0 Å². The summed E-state index contributed by atoms with van der Waals surface area (Å²) in [5, 5.41) is 3.86. The second-order valence-electron chi connectivity index (χ2n) is 6.31. The lowest BCUT2D eigenvalue weighted by molar-refractivity contribution is -0.130. The molecule has 2 aromatic rings. The van der Waals surface area contributed by atoms with Crippen molar-refractivity contribution < 1.29 is 9.59 Å². The normalized spacial score (nSPS) is 14.3. The summed E-state index contributed by atoms with van der Waals surface area (Å²) in [5.74, 6) is 0.630. The Labute approximate surface area is 157 Å². The average Bonchev–Trinajstić information content (AvgIpc) is 2.65. The van der Waals surface area contributed by atoms with Crippen LogP contribution in [0, 0.1) is 6.92 Å². The van der Waals surface area contributed by atoms with Gasteiger partial charge in [0.15, 0.2) is 0 Å². The monoisotopic (exact) mass is 372 g/mol. The third-order valence-corrected chi connectivity index (χ3v) is 4.72. The SMILES string of the molecule is CC(=O)N1CCN(C(=O)c2ccc(Nc3cc(Cl)ccc3C)nc2)CC1. The van der Waals surface area contributed by atoms with Crippen LogP contribution in [0.5, 0.6) is 0 Å². The van der Waals surface area contributed by atoms with Crippen LogP contribution in [-0.2, 0) is 4.79 Å². The fourth-order valence-corrected chi connectivity index (χ4v) is 3.04. The number of carbonyl (C=O) groups is 2. The number of piperazine rings is 1. The van der Waals surface area contributed by atoms with Crippen LogP contribution in [-0.4, -0.2) is 52.8 Å². The molecule has 0 atom stereocenters. The molecule has 1 aromatic carbocycles. The van der Waals surface area contributed by atoms with Gasteiger partial charge in [-0.25, -0.2) is 4.98 Å². The molecule has 2 amide bonds. The zero-order valence-electron chi connectivity index (χ0n) is 14.8. The van der Waals surface area contributed by atoms with Crippen molar-refractivity contribution in [3.05, 3.63) is 52.7 Å². The van der Waals surface area contributed by atoms with Gasteiger partial charge in [0.05, 0.1) is 5.56 Å². The Morgan fingerprint density at radius 2 is 1.77 bits per heavy atom. The third-order valence-electron chi connectivity index (χ3n) is 4.48. The van der Waals surface area contributed by atoms with Crippen LogP contribution in [0.3, 0.4) is 0 Å². The van der Waals surface area contributed by atoms with Gasteiger partial charge in [0.1, 0.15) is 5.82 Å². The van der Waals surface area contributed by atoms with Crippen molar-refractivity contribution in [2.45, 2.75) is 13.8 Å². The molecule has 1 aliphatic rings. The summed E-state index contributed by atoms with van der Waals surface area (Å²) in [4.78, 5) is 31.8. The summed E-state index contributed by atoms with van der Waals surface area (Å²) in [6.45, 7) is 5.76. The number of rotatable bonds is 3. The fraction of sp³-hybridized carbons (Fsp3) is 0.316. The minimum atomic E-state index is -0.0637. The van der Waals surface area contributed by atoms with Gasteiger partial charge < -0.3 is 15.1 Å². The Hall–Kier alpha value is -2.60. The molecule has 3 rings (SSSR count). The highest BCUT2D eigenvalue weighted by molar-refractivity contribution is 6.30. The first kappa shape index (κ1) is 18.2. The second kappa shape index (κ2) is 7.74. The number of carbonyl (C=O) groups excluding carboxylic acids is 2. The number of benzene rings is 1. The molecule has 1 aliphatic heterocycles. The van der Waals surface area contributed by atoms with Crippen molar-refractivity contribution in [2.75, 3.05) is 31.5 Å². The fourth-order valence-electron chi connectivity index (χ4n) is 2.87. The minimum Gasteiger partial charge on any atom is -0.340 e. The number of hydrogen-bond donors (Lipinski definition) is 1. The van der Waals surface area contributed by atoms with Crippen LogP contribution < -0.4 is 5.32 Å². The van der Waals surface area contributed by atoms with Gasteiger partial charge in [-0.2, -0.15) is 0 Å². The van der Waals surface area contributed by atoms with Gasteiger partial charge in [-0.05, 0) is 36.8 Å². The van der Waals surface area contributed by atoms with E-state index in [1.54, 1.807) is 35.1 Å². The number of nitrogens with one attached hydrogen (secondary N) is 1. The topological polar surface area (TPSA) is 65.5 Å². The maximum atomic E-state index is 12.6. The van der Waals surface area contributed by atoms with Gasteiger partial charge in [-0.1, -0.05) is 17.7 Å². The standard InChI is InChI=1S/C19H21ClN4O2/c1-13-3-5-16(20)11-17(13)22-18-6-4-15(12-21-18)19(26)24-9-7-23(8-10-24)14(2)25/h3-6,11-12H,7-10H2,1-2H3,(H,21,22). The maximum absolute atomic E-state index is 12.6. The van der Waals surface area contributed by atoms with Gasteiger partial charge >= 0.3 is 0 Å². The van der Waals surface area contributed by atoms with E-state index in [1.165, 1.54) is 0 Å². The lowest BCUT2D eigenvalue weighted by Gasteiger charge is -2.34. The molecule has 0 radical (unpaired) electrons. The summed E-state index contributed by atoms with van der Waals surface area (Å²) in [6, 6.07) is 9.15. The first-order valence-electron chi connectivity index (χ1n) is 8.48. The smallest absolute Gasteiger partial charge is 0.255 e. The number of aromatic nitrogens is 1. The van der Waals surface area contributed by atoms with Crippen LogP contribution >= 0.6 is 11.6 Å². The highest BCUT2D eigenvalue weighted by Crippen LogP contribution is 2.23. The molecule has 136 valence electrons. The van der Waals surface area contributed by atoms with Crippen LogP contribution in [0.2, 0.25) is 5.02 Å². The lowest BCUT2D eigenvalue weighted by Crippen LogP contribution is -2.50. The number of halogens is 1. The van der Waals surface area contributed by atoms with Crippen molar-refractivity contribution in [2.24, 2.45) is 0 Å². The second-order valence-corrected chi connectivity index (χ2v) is 6.75. The Morgan fingerprint density at radius 3 is 2.38 bits per heavy atom. The highest BCUT2D eigenvalue weighted by atomic mass is 35.5. The molecule has 0 bridgehead atoms. The lowest BCUT2D eigenvalue weighted by atomic mass is 10.2. The van der Waals surface area contributed by atoms with Gasteiger partial charge in [0.25, 0.3) is 5.91 Å². The van der Waals surface area contributed by atoms with E-state index in [0.717, 1.165) is 11.3 Å². The molecule has 1 fully saturated rings. The molecule has 0 spiro atoms. The average molecular weight is 373 g/mol. The van der Waals surface area contributed by atoms with Gasteiger partial charge in [0, 0.05) is 50.0 Å². The van der Waals surface area contributed by atoms with E-state index in [0.29, 0.717) is 42.6 Å². The molecule has 1 saturated heterocycles. The van der Waals surface area contributed by atoms with E-state index in [9.17, 15) is 9.59 Å². The van der Waals surface area contributed by atoms with Gasteiger partial charge in [-0.15, -0.1) is 0 Å². The van der Waals surface area contributed by atoms with Crippen molar-refractivity contribution >= 4 is 34.9 Å². The number of hydrogen-bond acceptors (Lipinski definition) is 4. The van der Waals surface area contributed by atoms with Crippen molar-refractivity contribution in [1.29, 1.82) is 0 Å². The summed E-state index contributed by atoms with van der Waals surface area (Å²) in [5.41, 5.74) is 2.47. The summed E-state index contributed by atoms with van der Waals surface area (Å²) < 4.78 is 0. The largest absolute Gasteiger partial charge is 0.340 e. The Morgan fingerprint density at radius 1 is 1.08 bits per heavy atom. The molecule has 1 N–H and O–H groups in total. The van der Waals surface area contributed by atoms with Crippen LogP contribution in [0.1, 0.15) is 22.8 Å². The quantitative estimate of drug-likeness (QED) is 0.899. The van der Waals surface area contributed by atoms with Gasteiger partial charge in [-0.3, -0.25) is 9.59 Å². The highest BCUT2D eigenvalue weighted by Gasteiger charge is 2.23. The zero-order chi connectivity index (χ0) is 18.7. The van der Waals surface area contributed by atoms with Gasteiger partial charge in [0.2, 0.25) is 5.91 Å². The molecular weight excluding hydrogens is 352 g/mol. The first-order chi connectivity index (χ1) is 12.4. The molecule has 7 heteroatoms. The Balaban J connectivity index is 1.65. The molecule has 0 saturated carbocycles. The van der Waals surface area contributed by atoms with Crippen molar-refractivity contribution in [1.82, 2.24) is 14.8 Å². The van der Waals surface area contributed by atoms with Crippen molar-refractivity contribution in [3.63, 3.8) is 0 Å². The number of pyridine rings is 1. The maximum Gasteiger partial charge on any atom is 0.255 e. The molecular formula is C19H21ClN4O2. The minimum absolute atomic E-state index is 0.0468. The molecule has 26 heavy (non-hydrogen) atoms. The molecule has 0 unspecified atom stereocenters. The predicted molar refractivity (Wildman–Crippen MR) is 102 cm³/mol. The van der Waals surface area contributed by atoms with Crippen LogP contribution in [0.15, 0.2) is 36.5 Å². The molecule has 2 heterocycles. The molecule has 1 aromatic heterocycles. The summed E-state index contributed by atoms with van der Waals surface area (Å²) >= 11 is 6.03. The van der Waals surface area contributed by atoms with E-state index < -0.39 is 0 Å². The Kier molecular flexibility index (Phi) is 5.42. The first-order valence-corrected chi connectivity index (χ1v) is 8.86. The summed E-state index contributed by atoms with van der Waals surface area (Å²) in [6.07, 6.45) is 1.57. The van der Waals surface area contributed by atoms with Crippen LogP contribution in [0.25, 0.3) is 0 Å². The summed E-state index contributed by atoms with van der Waals surface area (Å²) in [7, 11) is 0. The number of nitrogens with zero attached hydrogens (tertiary/aromatic N) is 3.